The van der Waals surface area contributed by atoms with E-state index in [2.05, 4.69) is 5.32 Å². The Morgan fingerprint density at radius 2 is 1.55 bits per heavy atom. The van der Waals surface area contributed by atoms with Gasteiger partial charge in [0.05, 0.1) is 19.8 Å². The molecule has 0 spiro atoms. The number of rotatable bonds is 8. The van der Waals surface area contributed by atoms with Crippen molar-refractivity contribution in [3.05, 3.63) is 71.8 Å². The summed E-state index contributed by atoms with van der Waals surface area (Å²) >= 11 is 0. The minimum atomic E-state index is -1.13. The molecule has 0 aliphatic carbocycles. The monoisotopic (exact) mass is 401 g/mol. The lowest BCUT2D eigenvalue weighted by molar-refractivity contribution is -0.281. The average molecular weight is 401 g/mol. The first-order chi connectivity index (χ1) is 14.1. The van der Waals surface area contributed by atoms with Crippen LogP contribution in [0.5, 0.6) is 0 Å². The fourth-order valence-corrected chi connectivity index (χ4v) is 3.32. The Morgan fingerprint density at radius 1 is 1.00 bits per heavy atom. The number of nitrogens with one attached hydrogen (secondary N) is 1. The van der Waals surface area contributed by atoms with Gasteiger partial charge in [-0.2, -0.15) is 0 Å². The summed E-state index contributed by atoms with van der Waals surface area (Å²) in [6.07, 6.45) is -3.72. The Kier molecular flexibility index (Phi) is 7.74. The minimum absolute atomic E-state index is 0.238. The molecule has 1 aliphatic heterocycles. The number of aliphatic hydroxyl groups is 2. The van der Waals surface area contributed by atoms with Gasteiger partial charge in [-0.15, -0.1) is 0 Å². The lowest BCUT2D eigenvalue weighted by Crippen LogP contribution is -2.65. The molecule has 2 aromatic carbocycles. The van der Waals surface area contributed by atoms with E-state index in [1.165, 1.54) is 6.92 Å². The van der Waals surface area contributed by atoms with Crippen molar-refractivity contribution >= 4 is 5.91 Å². The molecule has 0 saturated carbocycles. The predicted octanol–water partition coefficient (Wildman–Crippen LogP) is 1.37. The topological polar surface area (TPSA) is 97.3 Å². The van der Waals surface area contributed by atoms with Crippen LogP contribution in [0.2, 0.25) is 0 Å². The van der Waals surface area contributed by atoms with Gasteiger partial charge in [-0.25, -0.2) is 0 Å². The van der Waals surface area contributed by atoms with Gasteiger partial charge < -0.3 is 29.7 Å². The second kappa shape index (κ2) is 10.5. The summed E-state index contributed by atoms with van der Waals surface area (Å²) < 4.78 is 17.6. The van der Waals surface area contributed by atoms with Gasteiger partial charge in [-0.3, -0.25) is 4.79 Å². The fraction of sp³-hybridized carbons (Fsp3) is 0.409. The molecule has 156 valence electrons. The summed E-state index contributed by atoms with van der Waals surface area (Å²) in [5, 5.41) is 23.1. The number of benzene rings is 2. The highest BCUT2D eigenvalue weighted by Gasteiger charge is 2.46. The summed E-state index contributed by atoms with van der Waals surface area (Å²) in [5.41, 5.74) is 1.86. The molecule has 5 atom stereocenters. The van der Waals surface area contributed by atoms with Gasteiger partial charge in [0, 0.05) is 6.92 Å². The van der Waals surface area contributed by atoms with Gasteiger partial charge in [0.1, 0.15) is 24.4 Å². The highest BCUT2D eigenvalue weighted by Crippen LogP contribution is 2.26. The van der Waals surface area contributed by atoms with Gasteiger partial charge in [-0.05, 0) is 11.1 Å². The Bertz CT molecular complexity index is 756. The van der Waals surface area contributed by atoms with E-state index in [1.54, 1.807) is 0 Å². The van der Waals surface area contributed by atoms with Crippen molar-refractivity contribution in [1.82, 2.24) is 5.32 Å². The van der Waals surface area contributed by atoms with E-state index in [-0.39, 0.29) is 19.1 Å². The number of aliphatic hydroxyl groups excluding tert-OH is 2. The predicted molar refractivity (Wildman–Crippen MR) is 106 cm³/mol. The zero-order valence-electron chi connectivity index (χ0n) is 16.3. The molecule has 1 heterocycles. The van der Waals surface area contributed by atoms with Crippen LogP contribution in [0.25, 0.3) is 0 Å². The first kappa shape index (κ1) is 21.4. The number of carbonyl (C=O) groups is 1. The molecule has 1 aliphatic rings. The molecule has 2 aromatic rings. The van der Waals surface area contributed by atoms with Crippen LogP contribution < -0.4 is 5.32 Å². The third-order valence-corrected chi connectivity index (χ3v) is 4.77. The zero-order chi connectivity index (χ0) is 20.6. The maximum Gasteiger partial charge on any atom is 0.217 e. The number of hydrogen-bond acceptors (Lipinski definition) is 6. The molecule has 3 rings (SSSR count). The van der Waals surface area contributed by atoms with Crippen LogP contribution in [0.3, 0.4) is 0 Å². The van der Waals surface area contributed by atoms with Crippen molar-refractivity contribution in [3.8, 4) is 0 Å². The van der Waals surface area contributed by atoms with Crippen LogP contribution in [-0.4, -0.2) is 53.4 Å². The third kappa shape index (κ3) is 5.85. The van der Waals surface area contributed by atoms with Crippen LogP contribution in [0, 0.1) is 0 Å². The maximum absolute atomic E-state index is 11.8. The number of hydrogen-bond donors (Lipinski definition) is 3. The summed E-state index contributed by atoms with van der Waals surface area (Å²) in [5.74, 6) is -0.296. The molecule has 0 radical (unpaired) electrons. The first-order valence-corrected chi connectivity index (χ1v) is 9.61. The van der Waals surface area contributed by atoms with E-state index in [4.69, 9.17) is 14.2 Å². The van der Waals surface area contributed by atoms with Crippen LogP contribution >= 0.6 is 0 Å². The van der Waals surface area contributed by atoms with Gasteiger partial charge in [0.2, 0.25) is 5.91 Å². The molecule has 0 aromatic heterocycles. The van der Waals surface area contributed by atoms with Crippen molar-refractivity contribution < 1.29 is 29.2 Å². The molecule has 1 fully saturated rings. The van der Waals surface area contributed by atoms with Crippen molar-refractivity contribution in [1.29, 1.82) is 0 Å². The molecule has 7 heteroatoms. The lowest BCUT2D eigenvalue weighted by atomic mass is 9.96. The molecule has 29 heavy (non-hydrogen) atoms. The zero-order valence-corrected chi connectivity index (χ0v) is 16.3. The molecule has 3 N–H and O–H groups in total. The number of ether oxygens (including phenoxy) is 3. The summed E-state index contributed by atoms with van der Waals surface area (Å²) in [4.78, 5) is 11.8. The SMILES string of the molecule is CC(=O)N[C@H]1[C@H](OCc2ccccc2)O[C@H](CO)[C@@H](O)[C@H]1OCc1ccccc1. The molecule has 1 saturated heterocycles. The smallest absolute Gasteiger partial charge is 0.217 e. The number of carbonyl (C=O) groups excluding carboxylic acids is 1. The second-order valence-electron chi connectivity index (χ2n) is 7.00. The Hall–Kier alpha value is -2.29. The summed E-state index contributed by atoms with van der Waals surface area (Å²) in [6, 6.07) is 18.3. The molecular weight excluding hydrogens is 374 g/mol. The lowest BCUT2D eigenvalue weighted by Gasteiger charge is -2.44. The van der Waals surface area contributed by atoms with E-state index < -0.39 is 37.3 Å². The van der Waals surface area contributed by atoms with Crippen LogP contribution in [-0.2, 0) is 32.2 Å². The maximum atomic E-state index is 11.8. The quantitative estimate of drug-likeness (QED) is 0.618. The molecular formula is C22H27NO6. The van der Waals surface area contributed by atoms with E-state index in [0.29, 0.717) is 0 Å². The first-order valence-electron chi connectivity index (χ1n) is 9.61. The van der Waals surface area contributed by atoms with E-state index in [9.17, 15) is 15.0 Å². The van der Waals surface area contributed by atoms with Gasteiger partial charge >= 0.3 is 0 Å². The average Bonchev–Trinajstić information content (AvgIpc) is 2.74. The molecule has 0 bridgehead atoms. The highest BCUT2D eigenvalue weighted by molar-refractivity contribution is 5.73. The van der Waals surface area contributed by atoms with Gasteiger partial charge in [-0.1, -0.05) is 60.7 Å². The standard InChI is InChI=1S/C22H27NO6/c1-15(25)23-19-21(27-13-16-8-4-2-5-9-16)20(26)18(12-24)29-22(19)28-14-17-10-6-3-7-11-17/h2-11,18-22,24,26H,12-14H2,1H3,(H,23,25)/t18-,19-,20-,21+,22-/m1/s1. The summed E-state index contributed by atoms with van der Waals surface area (Å²) in [6.45, 7) is 1.47. The van der Waals surface area contributed by atoms with Crippen molar-refractivity contribution in [3.63, 3.8) is 0 Å². The Balaban J connectivity index is 1.76. The van der Waals surface area contributed by atoms with Crippen LogP contribution in [0.15, 0.2) is 60.7 Å². The Morgan fingerprint density at radius 3 is 2.07 bits per heavy atom. The van der Waals surface area contributed by atoms with Gasteiger partial charge in [0.25, 0.3) is 0 Å². The molecule has 1 amide bonds. The number of amides is 1. The van der Waals surface area contributed by atoms with Crippen molar-refractivity contribution in [2.45, 2.75) is 50.8 Å². The highest BCUT2D eigenvalue weighted by atomic mass is 16.7. The van der Waals surface area contributed by atoms with E-state index in [1.807, 2.05) is 60.7 Å². The second-order valence-corrected chi connectivity index (χ2v) is 7.00. The largest absolute Gasteiger partial charge is 0.394 e. The summed E-state index contributed by atoms with van der Waals surface area (Å²) in [7, 11) is 0. The molecule has 0 unspecified atom stereocenters. The molecule has 7 nitrogen and oxygen atoms in total. The van der Waals surface area contributed by atoms with E-state index in [0.717, 1.165) is 11.1 Å². The van der Waals surface area contributed by atoms with Gasteiger partial charge in [0.15, 0.2) is 6.29 Å². The third-order valence-electron chi connectivity index (χ3n) is 4.77. The van der Waals surface area contributed by atoms with E-state index >= 15 is 0 Å². The minimum Gasteiger partial charge on any atom is -0.394 e. The Labute approximate surface area is 170 Å². The van der Waals surface area contributed by atoms with Crippen LogP contribution in [0.4, 0.5) is 0 Å². The normalized spacial score (nSPS) is 26.8. The van der Waals surface area contributed by atoms with Crippen molar-refractivity contribution in [2.24, 2.45) is 0 Å². The van der Waals surface area contributed by atoms with Crippen LogP contribution in [0.1, 0.15) is 18.1 Å². The fourth-order valence-electron chi connectivity index (χ4n) is 3.32. The van der Waals surface area contributed by atoms with Crippen molar-refractivity contribution in [2.75, 3.05) is 6.61 Å².